The van der Waals surface area contributed by atoms with Gasteiger partial charge in [0.1, 0.15) is 0 Å². The smallest absolute Gasteiger partial charge is 0.317 e. The maximum atomic E-state index is 12.3. The Kier molecular flexibility index (Phi) is 5.18. The first-order valence-corrected chi connectivity index (χ1v) is 8.63. The molecule has 1 aromatic carbocycles. The van der Waals surface area contributed by atoms with Gasteiger partial charge in [-0.1, -0.05) is 30.3 Å². The van der Waals surface area contributed by atoms with Gasteiger partial charge in [-0.2, -0.15) is 0 Å². The number of hydrogen-bond acceptors (Lipinski definition) is 3. The van der Waals surface area contributed by atoms with E-state index in [-0.39, 0.29) is 17.6 Å². The summed E-state index contributed by atoms with van der Waals surface area (Å²) in [4.78, 5) is 14.2. The summed E-state index contributed by atoms with van der Waals surface area (Å²) in [7, 11) is 0. The monoisotopic (exact) mass is 317 g/mol. The highest BCUT2D eigenvalue weighted by Crippen LogP contribution is 2.34. The van der Waals surface area contributed by atoms with Crippen molar-refractivity contribution in [2.45, 2.75) is 37.2 Å². The molecule has 23 heavy (non-hydrogen) atoms. The zero-order chi connectivity index (χ0) is 16.1. The summed E-state index contributed by atoms with van der Waals surface area (Å²) >= 11 is 0. The second kappa shape index (κ2) is 7.32. The normalized spacial score (nSPS) is 23.7. The van der Waals surface area contributed by atoms with E-state index in [1.165, 1.54) is 5.56 Å². The third kappa shape index (κ3) is 3.67. The molecular formula is C18H27N3O2. The van der Waals surface area contributed by atoms with E-state index >= 15 is 0 Å². The van der Waals surface area contributed by atoms with Crippen LogP contribution in [-0.4, -0.2) is 49.8 Å². The lowest BCUT2D eigenvalue weighted by atomic mass is 9.73. The van der Waals surface area contributed by atoms with Crippen LogP contribution in [0.4, 0.5) is 4.79 Å². The van der Waals surface area contributed by atoms with Gasteiger partial charge in [0.05, 0.1) is 6.10 Å². The van der Waals surface area contributed by atoms with Crippen LogP contribution >= 0.6 is 0 Å². The molecule has 2 saturated heterocycles. The molecule has 126 valence electrons. The molecule has 5 heteroatoms. The summed E-state index contributed by atoms with van der Waals surface area (Å²) in [6.45, 7) is 3.58. The first-order chi connectivity index (χ1) is 11.2. The molecule has 0 unspecified atom stereocenters. The van der Waals surface area contributed by atoms with Crippen LogP contribution in [0.2, 0.25) is 0 Å². The fourth-order valence-corrected chi connectivity index (χ4v) is 3.66. The van der Waals surface area contributed by atoms with Gasteiger partial charge in [-0.05, 0) is 31.2 Å². The maximum Gasteiger partial charge on any atom is 0.317 e. The molecule has 0 bridgehead atoms. The number of nitrogens with zero attached hydrogens (tertiary/aromatic N) is 1. The summed E-state index contributed by atoms with van der Waals surface area (Å²) in [5, 5.41) is 3.01. The van der Waals surface area contributed by atoms with Crippen molar-refractivity contribution in [3.8, 4) is 0 Å². The number of urea groups is 1. The molecule has 3 N–H and O–H groups in total. The summed E-state index contributed by atoms with van der Waals surface area (Å²) in [6, 6.07) is 10.5. The molecule has 2 heterocycles. The molecule has 0 aromatic heterocycles. The number of nitrogens with two attached hydrogens (primary N) is 1. The van der Waals surface area contributed by atoms with E-state index < -0.39 is 0 Å². The molecule has 1 aromatic rings. The van der Waals surface area contributed by atoms with Crippen molar-refractivity contribution in [3.05, 3.63) is 35.9 Å². The minimum Gasteiger partial charge on any atom is -0.376 e. The zero-order valence-electron chi connectivity index (χ0n) is 13.7. The van der Waals surface area contributed by atoms with Gasteiger partial charge in [0, 0.05) is 38.2 Å². The number of piperidine rings is 1. The third-order valence-corrected chi connectivity index (χ3v) is 5.29. The van der Waals surface area contributed by atoms with Gasteiger partial charge >= 0.3 is 6.03 Å². The SMILES string of the molecule is NCC1(c2ccccc2)CCN(C(=O)NC[C@H]2CCCO2)CC1. The topological polar surface area (TPSA) is 67.6 Å². The molecule has 3 rings (SSSR count). The minimum absolute atomic E-state index is 0.00655. The van der Waals surface area contributed by atoms with Gasteiger partial charge in [0.25, 0.3) is 0 Å². The lowest BCUT2D eigenvalue weighted by Crippen LogP contribution is -2.51. The quantitative estimate of drug-likeness (QED) is 0.891. The first-order valence-electron chi connectivity index (χ1n) is 8.63. The lowest BCUT2D eigenvalue weighted by molar-refractivity contribution is 0.106. The van der Waals surface area contributed by atoms with Gasteiger partial charge in [-0.25, -0.2) is 4.79 Å². The maximum absolute atomic E-state index is 12.3. The predicted molar refractivity (Wildman–Crippen MR) is 90.4 cm³/mol. The number of likely N-dealkylation sites (tertiary alicyclic amines) is 1. The number of amides is 2. The third-order valence-electron chi connectivity index (χ3n) is 5.29. The Hall–Kier alpha value is -1.59. The largest absolute Gasteiger partial charge is 0.376 e. The van der Waals surface area contributed by atoms with Crippen LogP contribution in [0.5, 0.6) is 0 Å². The van der Waals surface area contributed by atoms with E-state index in [2.05, 4.69) is 29.6 Å². The molecule has 2 aliphatic heterocycles. The van der Waals surface area contributed by atoms with Gasteiger partial charge in [0.2, 0.25) is 0 Å². The Morgan fingerprint density at radius 2 is 2.04 bits per heavy atom. The van der Waals surface area contributed by atoms with E-state index in [0.29, 0.717) is 13.1 Å². The summed E-state index contributed by atoms with van der Waals surface area (Å²) in [6.07, 6.45) is 4.17. The van der Waals surface area contributed by atoms with E-state index in [0.717, 1.165) is 45.4 Å². The second-order valence-electron chi connectivity index (χ2n) is 6.66. The fraction of sp³-hybridized carbons (Fsp3) is 0.611. The van der Waals surface area contributed by atoms with Crippen LogP contribution in [0.3, 0.4) is 0 Å². The molecule has 2 fully saturated rings. The number of ether oxygens (including phenoxy) is 1. The zero-order valence-corrected chi connectivity index (χ0v) is 13.7. The van der Waals surface area contributed by atoms with E-state index in [1.54, 1.807) is 0 Å². The highest BCUT2D eigenvalue weighted by atomic mass is 16.5. The van der Waals surface area contributed by atoms with Crippen molar-refractivity contribution in [2.24, 2.45) is 5.73 Å². The molecule has 0 saturated carbocycles. The minimum atomic E-state index is 0.00655. The van der Waals surface area contributed by atoms with E-state index in [4.69, 9.17) is 10.5 Å². The van der Waals surface area contributed by atoms with Crippen LogP contribution in [-0.2, 0) is 10.2 Å². The van der Waals surface area contributed by atoms with Crippen molar-refractivity contribution in [3.63, 3.8) is 0 Å². The molecular weight excluding hydrogens is 290 g/mol. The van der Waals surface area contributed by atoms with Crippen LogP contribution in [0.15, 0.2) is 30.3 Å². The Morgan fingerprint density at radius 3 is 2.65 bits per heavy atom. The molecule has 5 nitrogen and oxygen atoms in total. The number of carbonyl (C=O) groups excluding carboxylic acids is 1. The number of hydrogen-bond donors (Lipinski definition) is 2. The molecule has 1 atom stereocenters. The highest BCUT2D eigenvalue weighted by molar-refractivity contribution is 5.74. The number of carbonyl (C=O) groups is 1. The first kappa shape index (κ1) is 16.3. The van der Waals surface area contributed by atoms with Crippen molar-refractivity contribution < 1.29 is 9.53 Å². The molecule has 0 spiro atoms. The van der Waals surface area contributed by atoms with Crippen LogP contribution < -0.4 is 11.1 Å². The average Bonchev–Trinajstić information content (AvgIpc) is 3.14. The van der Waals surface area contributed by atoms with E-state index in [1.807, 2.05) is 11.0 Å². The van der Waals surface area contributed by atoms with Crippen LogP contribution in [0, 0.1) is 0 Å². The Morgan fingerprint density at radius 1 is 1.30 bits per heavy atom. The molecule has 0 radical (unpaired) electrons. The van der Waals surface area contributed by atoms with Crippen LogP contribution in [0.1, 0.15) is 31.2 Å². The standard InChI is InChI=1S/C18H27N3O2/c19-14-18(15-5-2-1-3-6-15)8-10-21(11-9-18)17(22)20-13-16-7-4-12-23-16/h1-3,5-6,16H,4,7-14,19H2,(H,20,22)/t16-/m1/s1. The average molecular weight is 317 g/mol. The van der Waals surface area contributed by atoms with Crippen molar-refractivity contribution >= 4 is 6.03 Å². The van der Waals surface area contributed by atoms with Crippen molar-refractivity contribution in [1.82, 2.24) is 10.2 Å². The number of benzene rings is 1. The Bertz CT molecular complexity index is 506. The molecule has 0 aliphatic carbocycles. The Balaban J connectivity index is 1.53. The van der Waals surface area contributed by atoms with Gasteiger partial charge in [-0.3, -0.25) is 0 Å². The number of nitrogens with one attached hydrogen (secondary N) is 1. The fourth-order valence-electron chi connectivity index (χ4n) is 3.66. The van der Waals surface area contributed by atoms with E-state index in [9.17, 15) is 4.79 Å². The lowest BCUT2D eigenvalue weighted by Gasteiger charge is -2.41. The number of rotatable bonds is 4. The summed E-state index contributed by atoms with van der Waals surface area (Å²) in [5.41, 5.74) is 7.40. The molecule has 2 aliphatic rings. The summed E-state index contributed by atoms with van der Waals surface area (Å²) < 4.78 is 5.55. The highest BCUT2D eigenvalue weighted by Gasteiger charge is 2.36. The van der Waals surface area contributed by atoms with Crippen LogP contribution in [0.25, 0.3) is 0 Å². The summed E-state index contributed by atoms with van der Waals surface area (Å²) in [5.74, 6) is 0. The predicted octanol–water partition coefficient (Wildman–Crippen LogP) is 1.87. The second-order valence-corrected chi connectivity index (χ2v) is 6.66. The van der Waals surface area contributed by atoms with Gasteiger partial charge < -0.3 is 20.7 Å². The van der Waals surface area contributed by atoms with Crippen molar-refractivity contribution in [1.29, 1.82) is 0 Å². The van der Waals surface area contributed by atoms with Crippen molar-refractivity contribution in [2.75, 3.05) is 32.8 Å². The van der Waals surface area contributed by atoms with Gasteiger partial charge in [0.15, 0.2) is 0 Å². The van der Waals surface area contributed by atoms with Gasteiger partial charge in [-0.15, -0.1) is 0 Å². The Labute approximate surface area is 138 Å². The molecule has 2 amide bonds.